The van der Waals surface area contributed by atoms with E-state index in [4.69, 9.17) is 28.2 Å². The van der Waals surface area contributed by atoms with Gasteiger partial charge in [-0.25, -0.2) is 8.78 Å². The first-order valence-corrected chi connectivity index (χ1v) is 6.99. The molecule has 0 saturated heterocycles. The Morgan fingerprint density at radius 2 is 2.09 bits per heavy atom. The minimum Gasteiger partial charge on any atom is -0.400 e. The summed E-state index contributed by atoms with van der Waals surface area (Å²) in [6, 6.07) is 2.01. The highest BCUT2D eigenvalue weighted by atomic mass is 35.5. The number of rotatable bonds is 4. The van der Waals surface area contributed by atoms with Crippen LogP contribution in [0.4, 0.5) is 8.78 Å². The molecule has 120 valence electrons. The lowest BCUT2D eigenvalue weighted by Gasteiger charge is -2.32. The summed E-state index contributed by atoms with van der Waals surface area (Å²) in [6.07, 6.45) is 1.49. The van der Waals surface area contributed by atoms with E-state index in [2.05, 4.69) is 5.32 Å². The topological polar surface area (TPSA) is 87.5 Å². The molecule has 5 nitrogen and oxygen atoms in total. The minimum absolute atomic E-state index is 0.0371. The summed E-state index contributed by atoms with van der Waals surface area (Å²) in [6.45, 7) is 0.739. The summed E-state index contributed by atoms with van der Waals surface area (Å²) in [4.78, 5) is 1.72. The Morgan fingerprint density at radius 1 is 1.41 bits per heavy atom. The van der Waals surface area contributed by atoms with E-state index >= 15 is 0 Å². The number of hydrogen-bond acceptors (Lipinski definition) is 5. The third-order valence-corrected chi connectivity index (χ3v) is 3.72. The van der Waals surface area contributed by atoms with Crippen molar-refractivity contribution < 1.29 is 13.9 Å². The molecule has 0 unspecified atom stereocenters. The average Bonchev–Trinajstić information content (AvgIpc) is 2.50. The molecule has 8 heteroatoms. The maximum atomic E-state index is 13.9. The molecular weight excluding hydrogens is 314 g/mol. The molecule has 1 aliphatic rings. The van der Waals surface area contributed by atoms with Crippen molar-refractivity contribution in [1.82, 2.24) is 10.2 Å². The van der Waals surface area contributed by atoms with Gasteiger partial charge in [-0.2, -0.15) is 0 Å². The van der Waals surface area contributed by atoms with Crippen LogP contribution in [-0.2, 0) is 6.54 Å². The maximum absolute atomic E-state index is 13.9. The van der Waals surface area contributed by atoms with Gasteiger partial charge in [0.1, 0.15) is 17.5 Å². The SMILES string of the molecule is NC1=C(/C=C(\N)CO)N(Cc2c(F)ccc(F)c2Cl)CCN1. The highest BCUT2D eigenvalue weighted by Gasteiger charge is 2.21. The van der Waals surface area contributed by atoms with E-state index in [9.17, 15) is 8.78 Å². The maximum Gasteiger partial charge on any atom is 0.142 e. The lowest BCUT2D eigenvalue weighted by Crippen LogP contribution is -2.41. The average molecular weight is 331 g/mol. The molecule has 1 aromatic carbocycles. The highest BCUT2D eigenvalue weighted by molar-refractivity contribution is 6.31. The van der Waals surface area contributed by atoms with E-state index in [0.717, 1.165) is 12.1 Å². The van der Waals surface area contributed by atoms with Crippen molar-refractivity contribution in [3.05, 3.63) is 57.6 Å². The van der Waals surface area contributed by atoms with Crippen LogP contribution >= 0.6 is 11.6 Å². The third-order valence-electron chi connectivity index (χ3n) is 3.31. The molecule has 0 spiro atoms. The monoisotopic (exact) mass is 330 g/mol. The summed E-state index contributed by atoms with van der Waals surface area (Å²) < 4.78 is 27.4. The number of halogens is 3. The van der Waals surface area contributed by atoms with Crippen molar-refractivity contribution in [2.24, 2.45) is 11.5 Å². The fourth-order valence-electron chi connectivity index (χ4n) is 2.17. The van der Waals surface area contributed by atoms with Crippen molar-refractivity contribution >= 4 is 11.6 Å². The first-order chi connectivity index (χ1) is 10.4. The largest absolute Gasteiger partial charge is 0.400 e. The van der Waals surface area contributed by atoms with Gasteiger partial charge in [0.25, 0.3) is 0 Å². The quantitative estimate of drug-likeness (QED) is 0.618. The van der Waals surface area contributed by atoms with Gasteiger partial charge in [-0.05, 0) is 18.2 Å². The number of nitrogens with one attached hydrogen (secondary N) is 1. The van der Waals surface area contributed by atoms with Gasteiger partial charge in [0.05, 0.1) is 17.3 Å². The Bertz CT molecular complexity index is 634. The molecule has 0 saturated carbocycles. The number of allylic oxidation sites excluding steroid dienone is 1. The van der Waals surface area contributed by atoms with Gasteiger partial charge >= 0.3 is 0 Å². The molecule has 0 radical (unpaired) electrons. The first kappa shape index (κ1) is 16.4. The van der Waals surface area contributed by atoms with E-state index in [1.165, 1.54) is 6.08 Å². The van der Waals surface area contributed by atoms with Gasteiger partial charge < -0.3 is 26.8 Å². The zero-order chi connectivity index (χ0) is 16.3. The van der Waals surface area contributed by atoms with Crippen LogP contribution in [0.3, 0.4) is 0 Å². The number of nitrogens with zero attached hydrogens (tertiary/aromatic N) is 1. The Hall–Kier alpha value is -1.99. The molecule has 0 aromatic heterocycles. The van der Waals surface area contributed by atoms with Crippen molar-refractivity contribution in [1.29, 1.82) is 0 Å². The molecule has 22 heavy (non-hydrogen) atoms. The van der Waals surface area contributed by atoms with E-state index in [1.54, 1.807) is 4.90 Å². The number of aliphatic hydroxyl groups is 1. The lowest BCUT2D eigenvalue weighted by molar-refractivity contribution is 0.310. The molecule has 6 N–H and O–H groups in total. The Balaban J connectivity index is 2.36. The molecule has 2 rings (SSSR count). The van der Waals surface area contributed by atoms with Crippen molar-refractivity contribution in [3.63, 3.8) is 0 Å². The van der Waals surface area contributed by atoms with Crippen molar-refractivity contribution in [2.45, 2.75) is 6.54 Å². The fraction of sp³-hybridized carbons (Fsp3) is 0.286. The first-order valence-electron chi connectivity index (χ1n) is 6.62. The molecule has 0 bridgehead atoms. The third kappa shape index (κ3) is 3.42. The van der Waals surface area contributed by atoms with E-state index in [1.807, 2.05) is 0 Å². The van der Waals surface area contributed by atoms with Crippen LogP contribution in [0, 0.1) is 11.6 Å². The lowest BCUT2D eigenvalue weighted by atomic mass is 10.1. The van der Waals surface area contributed by atoms with Gasteiger partial charge in [0.2, 0.25) is 0 Å². The standard InChI is InChI=1S/C14H17ClF2N4O/c15-13-9(10(16)1-2-11(13)17)6-21-4-3-20-14(19)12(21)5-8(18)7-22/h1-2,5,20,22H,3-4,6-7,18-19H2/b8-5-. The molecule has 0 atom stereocenters. The van der Waals surface area contributed by atoms with E-state index in [0.29, 0.717) is 24.6 Å². The van der Waals surface area contributed by atoms with Crippen molar-refractivity contribution in [2.75, 3.05) is 19.7 Å². The van der Waals surface area contributed by atoms with E-state index in [-0.39, 0.29) is 29.4 Å². The van der Waals surface area contributed by atoms with Crippen LogP contribution in [0.25, 0.3) is 0 Å². The smallest absolute Gasteiger partial charge is 0.142 e. The Labute approximate surface area is 131 Å². The van der Waals surface area contributed by atoms with Crippen molar-refractivity contribution in [3.8, 4) is 0 Å². The normalized spacial score (nSPS) is 16.0. The van der Waals surface area contributed by atoms with Crippen LogP contribution in [0.1, 0.15) is 5.56 Å². The summed E-state index contributed by atoms with van der Waals surface area (Å²) in [7, 11) is 0. The van der Waals surface area contributed by atoms with Gasteiger partial charge in [0, 0.05) is 30.9 Å². The van der Waals surface area contributed by atoms with Crippen LogP contribution in [0.15, 0.2) is 35.4 Å². The molecular formula is C14H17ClF2N4O. The molecule has 1 heterocycles. The van der Waals surface area contributed by atoms with Crippen LogP contribution in [0.5, 0.6) is 0 Å². The summed E-state index contributed by atoms with van der Waals surface area (Å²) in [5, 5.41) is 11.7. The molecule has 1 aliphatic heterocycles. The van der Waals surface area contributed by atoms with Gasteiger partial charge in [-0.1, -0.05) is 11.6 Å². The molecule has 0 amide bonds. The second-order valence-electron chi connectivity index (χ2n) is 4.85. The number of benzene rings is 1. The summed E-state index contributed by atoms with van der Waals surface area (Å²) >= 11 is 5.85. The van der Waals surface area contributed by atoms with Gasteiger partial charge in [-0.3, -0.25) is 0 Å². The Morgan fingerprint density at radius 3 is 2.77 bits per heavy atom. The van der Waals surface area contributed by atoms with E-state index < -0.39 is 11.6 Å². The zero-order valence-corrected chi connectivity index (χ0v) is 12.5. The number of nitrogens with two attached hydrogens (primary N) is 2. The second kappa shape index (κ2) is 6.85. The number of aliphatic hydroxyl groups excluding tert-OH is 1. The second-order valence-corrected chi connectivity index (χ2v) is 5.22. The number of hydrogen-bond donors (Lipinski definition) is 4. The zero-order valence-electron chi connectivity index (χ0n) is 11.7. The van der Waals surface area contributed by atoms with Gasteiger partial charge in [0.15, 0.2) is 0 Å². The fourth-order valence-corrected chi connectivity index (χ4v) is 2.38. The molecule has 1 aromatic rings. The summed E-state index contributed by atoms with van der Waals surface area (Å²) in [5.41, 5.74) is 12.2. The van der Waals surface area contributed by atoms with Crippen LogP contribution < -0.4 is 16.8 Å². The van der Waals surface area contributed by atoms with Gasteiger partial charge in [-0.15, -0.1) is 0 Å². The molecule has 0 fully saturated rings. The highest BCUT2D eigenvalue weighted by Crippen LogP contribution is 2.26. The summed E-state index contributed by atoms with van der Waals surface area (Å²) in [5.74, 6) is -0.935. The van der Waals surface area contributed by atoms with Crippen LogP contribution in [0.2, 0.25) is 5.02 Å². The Kier molecular flexibility index (Phi) is 5.10. The predicted octanol–water partition coefficient (Wildman–Crippen LogP) is 0.986. The predicted molar refractivity (Wildman–Crippen MR) is 80.4 cm³/mol. The molecule has 0 aliphatic carbocycles. The van der Waals surface area contributed by atoms with Crippen LogP contribution in [-0.4, -0.2) is 29.7 Å². The minimum atomic E-state index is -0.683.